The Morgan fingerprint density at radius 2 is 2.35 bits per heavy atom. The van der Waals surface area contributed by atoms with Crippen LogP contribution in [0.5, 0.6) is 0 Å². The van der Waals surface area contributed by atoms with Crippen molar-refractivity contribution in [3.8, 4) is 0 Å². The van der Waals surface area contributed by atoms with Crippen molar-refractivity contribution in [1.29, 1.82) is 0 Å². The minimum absolute atomic E-state index is 0.145. The van der Waals surface area contributed by atoms with Gasteiger partial charge in [-0.2, -0.15) is 0 Å². The zero-order chi connectivity index (χ0) is 14.1. The largest absolute Gasteiger partial charge is 0.344 e. The molecule has 104 valence electrons. The van der Waals surface area contributed by atoms with Crippen LogP contribution in [-0.4, -0.2) is 16.0 Å². The van der Waals surface area contributed by atoms with Crippen molar-refractivity contribution in [3.63, 3.8) is 0 Å². The van der Waals surface area contributed by atoms with Crippen LogP contribution in [-0.2, 0) is 11.2 Å². The number of aromatic nitrogens is 2. The van der Waals surface area contributed by atoms with Crippen LogP contribution in [0.4, 0.5) is 5.69 Å². The first-order valence-electron chi connectivity index (χ1n) is 6.50. The molecular weight excluding hydrogens is 278 g/mol. The van der Waals surface area contributed by atoms with Crippen LogP contribution < -0.4 is 5.32 Å². The molecule has 0 unspecified atom stereocenters. The van der Waals surface area contributed by atoms with E-state index in [2.05, 4.69) is 15.5 Å². The third-order valence-corrected chi connectivity index (χ3v) is 3.65. The van der Waals surface area contributed by atoms with Gasteiger partial charge in [0.1, 0.15) is 0 Å². The number of amides is 1. The van der Waals surface area contributed by atoms with Crippen molar-refractivity contribution in [3.05, 3.63) is 40.5 Å². The molecule has 0 atom stereocenters. The van der Waals surface area contributed by atoms with Crippen molar-refractivity contribution < 1.29 is 9.32 Å². The summed E-state index contributed by atoms with van der Waals surface area (Å²) in [6.45, 7) is 1.76. The van der Waals surface area contributed by atoms with E-state index in [1.807, 2.05) is 12.1 Å². The van der Waals surface area contributed by atoms with E-state index in [0.717, 1.165) is 24.2 Å². The molecule has 1 aliphatic rings. The lowest BCUT2D eigenvalue weighted by Crippen LogP contribution is -2.16. The van der Waals surface area contributed by atoms with E-state index in [9.17, 15) is 4.79 Å². The number of anilines is 1. The zero-order valence-electron chi connectivity index (χ0n) is 11.0. The van der Waals surface area contributed by atoms with Crippen molar-refractivity contribution in [2.24, 2.45) is 0 Å². The number of hydrogen-bond donors (Lipinski definition) is 1. The summed E-state index contributed by atoms with van der Waals surface area (Å²) >= 11 is 5.86. The zero-order valence-corrected chi connectivity index (χ0v) is 11.8. The summed E-state index contributed by atoms with van der Waals surface area (Å²) in [5, 5.41) is 6.80. The summed E-state index contributed by atoms with van der Waals surface area (Å²) < 4.78 is 4.84. The Hall–Kier alpha value is -1.88. The normalized spacial score (nSPS) is 14.3. The second kappa shape index (κ2) is 5.25. The van der Waals surface area contributed by atoms with E-state index in [1.165, 1.54) is 0 Å². The van der Waals surface area contributed by atoms with Gasteiger partial charge >= 0.3 is 0 Å². The Labute approximate surface area is 121 Å². The Kier molecular flexibility index (Phi) is 3.44. The van der Waals surface area contributed by atoms with Crippen LogP contribution >= 0.6 is 11.6 Å². The molecule has 0 spiro atoms. The van der Waals surface area contributed by atoms with Crippen LogP contribution in [0.1, 0.15) is 35.7 Å². The van der Waals surface area contributed by atoms with Gasteiger partial charge in [0.15, 0.2) is 0 Å². The molecule has 0 aromatic carbocycles. The van der Waals surface area contributed by atoms with Gasteiger partial charge in [0.25, 0.3) is 0 Å². The summed E-state index contributed by atoms with van der Waals surface area (Å²) in [7, 11) is 0. The highest BCUT2D eigenvalue weighted by atomic mass is 35.5. The van der Waals surface area contributed by atoms with E-state index in [1.54, 1.807) is 13.1 Å². The number of nitrogens with one attached hydrogen (secondary N) is 1. The smallest absolute Gasteiger partial charge is 0.229 e. The molecule has 2 aromatic rings. The number of halogens is 1. The molecule has 0 bridgehead atoms. The van der Waals surface area contributed by atoms with Gasteiger partial charge in [-0.15, -0.1) is 0 Å². The fraction of sp³-hybridized carbons (Fsp3) is 0.357. The molecule has 1 N–H and O–H groups in total. The Balaban J connectivity index is 1.73. The molecule has 1 aliphatic carbocycles. The minimum Gasteiger partial charge on any atom is -0.344 e. The molecule has 0 saturated heterocycles. The number of carbonyl (C=O) groups excluding carboxylic acids is 1. The number of pyridine rings is 1. The van der Waals surface area contributed by atoms with Gasteiger partial charge in [-0.1, -0.05) is 5.16 Å². The number of aryl methyl sites for hydroxylation is 1. The second-order valence-corrected chi connectivity index (χ2v) is 5.30. The van der Waals surface area contributed by atoms with E-state index in [0.29, 0.717) is 17.2 Å². The molecule has 20 heavy (non-hydrogen) atoms. The Morgan fingerprint density at radius 3 is 3.00 bits per heavy atom. The van der Waals surface area contributed by atoms with Crippen LogP contribution in [0.15, 0.2) is 22.9 Å². The van der Waals surface area contributed by atoms with Crippen molar-refractivity contribution >= 4 is 23.2 Å². The van der Waals surface area contributed by atoms with Gasteiger partial charge in [-0.25, -0.2) is 0 Å². The first-order valence-corrected chi connectivity index (χ1v) is 6.88. The fourth-order valence-corrected chi connectivity index (χ4v) is 2.36. The monoisotopic (exact) mass is 291 g/mol. The fourth-order valence-electron chi connectivity index (χ4n) is 2.12. The molecule has 1 saturated carbocycles. The van der Waals surface area contributed by atoms with Crippen molar-refractivity contribution in [2.75, 3.05) is 5.32 Å². The minimum atomic E-state index is -0.145. The molecule has 3 rings (SSSR count). The van der Waals surface area contributed by atoms with Crippen LogP contribution in [0.3, 0.4) is 0 Å². The quantitative estimate of drug-likeness (QED) is 0.940. The van der Waals surface area contributed by atoms with Gasteiger partial charge in [0, 0.05) is 17.7 Å². The molecular formula is C14H14ClN3O2. The highest BCUT2D eigenvalue weighted by molar-refractivity contribution is 6.29. The second-order valence-electron chi connectivity index (χ2n) is 4.96. The number of carbonyl (C=O) groups is 1. The first kappa shape index (κ1) is 13.1. The van der Waals surface area contributed by atoms with Gasteiger partial charge < -0.3 is 9.84 Å². The Morgan fingerprint density at radius 1 is 1.55 bits per heavy atom. The van der Waals surface area contributed by atoms with Gasteiger partial charge in [-0.3, -0.25) is 9.78 Å². The topological polar surface area (TPSA) is 68.0 Å². The summed E-state index contributed by atoms with van der Waals surface area (Å²) in [6, 6.07) is 3.69. The predicted molar refractivity (Wildman–Crippen MR) is 74.8 cm³/mol. The maximum atomic E-state index is 12.1. The molecule has 5 nitrogen and oxygen atoms in total. The third-order valence-electron chi connectivity index (χ3n) is 3.35. The highest BCUT2D eigenvalue weighted by Crippen LogP contribution is 2.42. The summed E-state index contributed by atoms with van der Waals surface area (Å²) in [5.41, 5.74) is 3.01. The van der Waals surface area contributed by atoms with Crippen LogP contribution in [0.2, 0.25) is 5.22 Å². The highest BCUT2D eigenvalue weighted by Gasteiger charge is 2.28. The summed E-state index contributed by atoms with van der Waals surface area (Å²) in [6.07, 6.45) is 4.17. The standard InChI is InChI=1S/C14H14ClN3O2/c1-8-10(14(15)20-18-8)7-12(19)17-11-3-2-6-16-13(11)9-4-5-9/h2-3,6,9H,4-5,7H2,1H3,(H,17,19). The van der Waals surface area contributed by atoms with E-state index in [4.69, 9.17) is 16.1 Å². The third kappa shape index (κ3) is 2.67. The van der Waals surface area contributed by atoms with Gasteiger partial charge in [0.2, 0.25) is 11.1 Å². The van der Waals surface area contributed by atoms with Crippen molar-refractivity contribution in [2.45, 2.75) is 32.1 Å². The molecule has 2 heterocycles. The molecule has 2 aromatic heterocycles. The Bertz CT molecular complexity index is 630. The van der Waals surface area contributed by atoms with E-state index < -0.39 is 0 Å². The maximum absolute atomic E-state index is 12.1. The molecule has 1 fully saturated rings. The lowest BCUT2D eigenvalue weighted by molar-refractivity contribution is -0.115. The first-order chi connectivity index (χ1) is 9.65. The lowest BCUT2D eigenvalue weighted by Gasteiger charge is -2.09. The number of rotatable bonds is 4. The molecule has 0 aliphatic heterocycles. The van der Waals surface area contributed by atoms with E-state index >= 15 is 0 Å². The SMILES string of the molecule is Cc1noc(Cl)c1CC(=O)Nc1cccnc1C1CC1. The average molecular weight is 292 g/mol. The molecule has 6 heteroatoms. The predicted octanol–water partition coefficient (Wildman–Crippen LogP) is 3.09. The molecule has 0 radical (unpaired) electrons. The summed E-state index contributed by atoms with van der Waals surface area (Å²) in [4.78, 5) is 16.5. The maximum Gasteiger partial charge on any atom is 0.229 e. The number of nitrogens with zero attached hydrogens (tertiary/aromatic N) is 2. The van der Waals surface area contributed by atoms with Crippen LogP contribution in [0.25, 0.3) is 0 Å². The van der Waals surface area contributed by atoms with Crippen molar-refractivity contribution in [1.82, 2.24) is 10.1 Å². The lowest BCUT2D eigenvalue weighted by atomic mass is 10.1. The number of hydrogen-bond acceptors (Lipinski definition) is 4. The van der Waals surface area contributed by atoms with Crippen LogP contribution in [0, 0.1) is 6.92 Å². The average Bonchev–Trinajstić information content (AvgIpc) is 3.22. The van der Waals surface area contributed by atoms with E-state index in [-0.39, 0.29) is 17.5 Å². The van der Waals surface area contributed by atoms with Gasteiger partial charge in [0.05, 0.1) is 23.5 Å². The van der Waals surface area contributed by atoms with Gasteiger partial charge in [-0.05, 0) is 43.5 Å². The summed E-state index contributed by atoms with van der Waals surface area (Å²) in [5.74, 6) is 0.334. The molecule has 1 amide bonds.